The summed E-state index contributed by atoms with van der Waals surface area (Å²) >= 11 is 0. The number of nitro groups is 1. The second kappa shape index (κ2) is 5.51. The summed E-state index contributed by atoms with van der Waals surface area (Å²) in [5.41, 5.74) is 7.33. The van der Waals surface area contributed by atoms with Crippen molar-refractivity contribution in [1.29, 1.82) is 0 Å². The van der Waals surface area contributed by atoms with Crippen LogP contribution in [0.25, 0.3) is 11.3 Å². The summed E-state index contributed by atoms with van der Waals surface area (Å²) in [7, 11) is 0. The highest BCUT2D eigenvalue weighted by Gasteiger charge is 2.19. The summed E-state index contributed by atoms with van der Waals surface area (Å²) < 4.78 is 1.74. The zero-order valence-electron chi connectivity index (χ0n) is 10.7. The number of nitrogens with two attached hydrogens (primary N) is 1. The predicted octanol–water partition coefficient (Wildman–Crippen LogP) is 2.84. The molecule has 0 aliphatic rings. The molecule has 0 amide bonds. The van der Waals surface area contributed by atoms with Crippen molar-refractivity contribution < 1.29 is 4.92 Å². The second-order valence-electron chi connectivity index (χ2n) is 4.32. The molecule has 0 unspecified atom stereocenters. The Morgan fingerprint density at radius 3 is 2.84 bits per heavy atom. The first kappa shape index (κ1) is 13.1. The first-order valence-electron chi connectivity index (χ1n) is 6.20. The van der Waals surface area contributed by atoms with Crippen molar-refractivity contribution >= 4 is 11.4 Å². The smallest absolute Gasteiger partial charge is 0.278 e. The van der Waals surface area contributed by atoms with Gasteiger partial charge in [-0.1, -0.05) is 25.5 Å². The molecule has 6 heteroatoms. The van der Waals surface area contributed by atoms with Crippen LogP contribution in [0.4, 0.5) is 11.4 Å². The van der Waals surface area contributed by atoms with E-state index in [-0.39, 0.29) is 5.69 Å². The van der Waals surface area contributed by atoms with E-state index in [2.05, 4.69) is 12.0 Å². The lowest BCUT2D eigenvalue weighted by Gasteiger charge is -2.00. The molecule has 0 saturated heterocycles. The van der Waals surface area contributed by atoms with E-state index >= 15 is 0 Å². The minimum absolute atomic E-state index is 0.0231. The number of rotatable bonds is 5. The van der Waals surface area contributed by atoms with Crippen molar-refractivity contribution in [3.63, 3.8) is 0 Å². The summed E-state index contributed by atoms with van der Waals surface area (Å²) in [5.74, 6) is 0. The van der Waals surface area contributed by atoms with E-state index in [1.165, 1.54) is 6.07 Å². The summed E-state index contributed by atoms with van der Waals surface area (Å²) in [5, 5.41) is 15.4. The number of para-hydroxylation sites is 1. The fraction of sp³-hybridized carbons (Fsp3) is 0.308. The molecule has 0 atom stereocenters. The molecule has 1 aromatic heterocycles. The molecular weight excluding hydrogens is 244 g/mol. The quantitative estimate of drug-likeness (QED) is 0.661. The van der Waals surface area contributed by atoms with E-state index < -0.39 is 4.92 Å². The van der Waals surface area contributed by atoms with Gasteiger partial charge in [-0.2, -0.15) is 5.10 Å². The lowest BCUT2D eigenvalue weighted by Crippen LogP contribution is -1.98. The maximum atomic E-state index is 11.0. The number of benzene rings is 1. The van der Waals surface area contributed by atoms with Gasteiger partial charge in [-0.3, -0.25) is 14.8 Å². The Hall–Kier alpha value is -2.37. The van der Waals surface area contributed by atoms with Crippen LogP contribution >= 0.6 is 0 Å². The highest BCUT2D eigenvalue weighted by atomic mass is 16.6. The normalized spacial score (nSPS) is 10.6. The molecule has 0 aliphatic heterocycles. The van der Waals surface area contributed by atoms with Crippen LogP contribution < -0.4 is 5.73 Å². The molecule has 2 N–H and O–H groups in total. The number of nitro benzene ring substituents is 1. The SMILES string of the molecule is CCCCn1cc(N)c(-c2ccccc2[N+](=O)[O-])n1. The minimum atomic E-state index is -0.417. The summed E-state index contributed by atoms with van der Waals surface area (Å²) in [4.78, 5) is 10.6. The second-order valence-corrected chi connectivity index (χ2v) is 4.32. The van der Waals surface area contributed by atoms with Gasteiger partial charge in [0, 0.05) is 18.8 Å². The third kappa shape index (κ3) is 2.73. The molecule has 2 rings (SSSR count). The summed E-state index contributed by atoms with van der Waals surface area (Å²) in [6.45, 7) is 2.86. The molecule has 0 bridgehead atoms. The average molecular weight is 260 g/mol. The van der Waals surface area contributed by atoms with E-state index in [1.807, 2.05) is 0 Å². The Labute approximate surface area is 111 Å². The standard InChI is InChI=1S/C13H16N4O2/c1-2-3-8-16-9-11(14)13(15-16)10-6-4-5-7-12(10)17(18)19/h4-7,9H,2-3,8,14H2,1H3. The Bertz CT molecular complexity index is 592. The number of nitrogens with zero attached hydrogens (tertiary/aromatic N) is 3. The zero-order valence-corrected chi connectivity index (χ0v) is 10.7. The van der Waals surface area contributed by atoms with Crippen LogP contribution in [0, 0.1) is 10.1 Å². The molecule has 6 nitrogen and oxygen atoms in total. The van der Waals surface area contributed by atoms with E-state index in [9.17, 15) is 10.1 Å². The Balaban J connectivity index is 2.42. The molecule has 0 spiro atoms. The van der Waals surface area contributed by atoms with E-state index in [1.54, 1.807) is 29.1 Å². The van der Waals surface area contributed by atoms with Gasteiger partial charge in [-0.15, -0.1) is 0 Å². The van der Waals surface area contributed by atoms with E-state index in [0.717, 1.165) is 19.4 Å². The van der Waals surface area contributed by atoms with Crippen molar-refractivity contribution in [2.45, 2.75) is 26.3 Å². The molecule has 100 valence electrons. The number of hydrogen-bond acceptors (Lipinski definition) is 4. The van der Waals surface area contributed by atoms with Gasteiger partial charge in [0.25, 0.3) is 5.69 Å². The van der Waals surface area contributed by atoms with Crippen LogP contribution in [0.1, 0.15) is 19.8 Å². The molecule has 0 radical (unpaired) electrons. The predicted molar refractivity (Wildman–Crippen MR) is 73.6 cm³/mol. The maximum Gasteiger partial charge on any atom is 0.278 e. The van der Waals surface area contributed by atoms with Gasteiger partial charge in [0.1, 0.15) is 5.69 Å². The molecule has 0 aliphatic carbocycles. The van der Waals surface area contributed by atoms with Gasteiger partial charge in [0.05, 0.1) is 16.2 Å². The van der Waals surface area contributed by atoms with Gasteiger partial charge in [-0.25, -0.2) is 0 Å². The average Bonchev–Trinajstić information content (AvgIpc) is 2.77. The van der Waals surface area contributed by atoms with Crippen molar-refractivity contribution in [2.24, 2.45) is 0 Å². The van der Waals surface area contributed by atoms with Crippen LogP contribution in [0.3, 0.4) is 0 Å². The van der Waals surface area contributed by atoms with Crippen LogP contribution in [-0.4, -0.2) is 14.7 Å². The van der Waals surface area contributed by atoms with Crippen molar-refractivity contribution in [3.8, 4) is 11.3 Å². The third-order valence-electron chi connectivity index (χ3n) is 2.89. The van der Waals surface area contributed by atoms with Gasteiger partial charge in [-0.05, 0) is 12.5 Å². The van der Waals surface area contributed by atoms with Gasteiger partial charge < -0.3 is 5.73 Å². The zero-order chi connectivity index (χ0) is 13.8. The first-order chi connectivity index (χ1) is 9.13. The van der Waals surface area contributed by atoms with Crippen LogP contribution in [0.2, 0.25) is 0 Å². The van der Waals surface area contributed by atoms with Crippen molar-refractivity contribution in [2.75, 3.05) is 5.73 Å². The van der Waals surface area contributed by atoms with Crippen molar-refractivity contribution in [1.82, 2.24) is 9.78 Å². The fourth-order valence-corrected chi connectivity index (χ4v) is 1.91. The molecular formula is C13H16N4O2. The van der Waals surface area contributed by atoms with Crippen LogP contribution in [0.15, 0.2) is 30.5 Å². The molecule has 2 aromatic rings. The minimum Gasteiger partial charge on any atom is -0.396 e. The first-order valence-corrected chi connectivity index (χ1v) is 6.20. The maximum absolute atomic E-state index is 11.0. The number of anilines is 1. The fourth-order valence-electron chi connectivity index (χ4n) is 1.91. The molecule has 19 heavy (non-hydrogen) atoms. The van der Waals surface area contributed by atoms with E-state index in [4.69, 9.17) is 5.73 Å². The van der Waals surface area contributed by atoms with Crippen LogP contribution in [0.5, 0.6) is 0 Å². The number of aryl methyl sites for hydroxylation is 1. The number of aromatic nitrogens is 2. The summed E-state index contributed by atoms with van der Waals surface area (Å²) in [6, 6.07) is 6.50. The molecule has 0 saturated carbocycles. The highest BCUT2D eigenvalue weighted by Crippen LogP contribution is 2.31. The lowest BCUT2D eigenvalue weighted by molar-refractivity contribution is -0.384. The molecule has 1 heterocycles. The molecule has 1 aromatic carbocycles. The Kier molecular flexibility index (Phi) is 3.79. The number of nitrogen functional groups attached to an aromatic ring is 1. The van der Waals surface area contributed by atoms with Crippen molar-refractivity contribution in [3.05, 3.63) is 40.6 Å². The topological polar surface area (TPSA) is 87.0 Å². The van der Waals surface area contributed by atoms with Gasteiger partial charge >= 0.3 is 0 Å². The van der Waals surface area contributed by atoms with Gasteiger partial charge in [0.15, 0.2) is 0 Å². The monoisotopic (exact) mass is 260 g/mol. The Morgan fingerprint density at radius 1 is 1.42 bits per heavy atom. The number of unbranched alkanes of at least 4 members (excludes halogenated alkanes) is 1. The van der Waals surface area contributed by atoms with Gasteiger partial charge in [0.2, 0.25) is 0 Å². The molecule has 0 fully saturated rings. The Morgan fingerprint density at radius 2 is 2.16 bits per heavy atom. The lowest BCUT2D eigenvalue weighted by atomic mass is 10.1. The van der Waals surface area contributed by atoms with Crippen LogP contribution in [-0.2, 0) is 6.54 Å². The largest absolute Gasteiger partial charge is 0.396 e. The summed E-state index contributed by atoms with van der Waals surface area (Å²) in [6.07, 6.45) is 3.78. The third-order valence-corrected chi connectivity index (χ3v) is 2.89. The van der Waals surface area contributed by atoms with E-state index in [0.29, 0.717) is 16.9 Å². The number of hydrogen-bond donors (Lipinski definition) is 1. The highest BCUT2D eigenvalue weighted by molar-refractivity contribution is 5.78.